The van der Waals surface area contributed by atoms with Crippen LogP contribution in [0, 0.1) is 19.7 Å². The molecule has 1 amide bonds. The van der Waals surface area contributed by atoms with Crippen LogP contribution >= 0.6 is 0 Å². The van der Waals surface area contributed by atoms with Gasteiger partial charge in [0.25, 0.3) is 11.5 Å². The number of hydrogen-bond acceptors (Lipinski definition) is 5. The number of benzene rings is 2. The van der Waals surface area contributed by atoms with E-state index in [-0.39, 0.29) is 11.3 Å². The zero-order chi connectivity index (χ0) is 22.4. The van der Waals surface area contributed by atoms with Gasteiger partial charge in [-0.25, -0.2) is 13.6 Å². The van der Waals surface area contributed by atoms with Gasteiger partial charge in [-0.2, -0.15) is 5.10 Å². The molecule has 2 aromatic carbocycles. The Morgan fingerprint density at radius 2 is 1.75 bits per heavy atom. The fraction of sp³-hybridized carbons (Fsp3) is 0.0870. The van der Waals surface area contributed by atoms with Crippen LogP contribution in [0.5, 0.6) is 0 Å². The summed E-state index contributed by atoms with van der Waals surface area (Å²) < 4.78 is 15.9. The minimum Gasteiger partial charge on any atom is -0.267 e. The minimum atomic E-state index is -0.532. The SMILES string of the molecule is Cc1ccccc1C(=O)Nn1ccc2c(nnc3c(-c4ccc(F)cc4)c(C)nn32)c1=O. The summed E-state index contributed by atoms with van der Waals surface area (Å²) in [5.41, 5.74) is 6.37. The summed E-state index contributed by atoms with van der Waals surface area (Å²) in [7, 11) is 0. The van der Waals surface area contributed by atoms with E-state index >= 15 is 0 Å². The van der Waals surface area contributed by atoms with Crippen molar-refractivity contribution in [2.75, 3.05) is 5.43 Å². The third-order valence-corrected chi connectivity index (χ3v) is 5.30. The van der Waals surface area contributed by atoms with Gasteiger partial charge in [-0.05, 0) is 49.2 Å². The van der Waals surface area contributed by atoms with E-state index in [0.29, 0.717) is 28.0 Å². The van der Waals surface area contributed by atoms with Crippen molar-refractivity contribution in [2.24, 2.45) is 0 Å². The number of rotatable bonds is 3. The summed E-state index contributed by atoms with van der Waals surface area (Å²) in [6.45, 7) is 3.63. The number of carbonyl (C=O) groups excluding carboxylic acids is 1. The van der Waals surface area contributed by atoms with Gasteiger partial charge in [0.05, 0.1) is 11.3 Å². The van der Waals surface area contributed by atoms with E-state index in [4.69, 9.17) is 0 Å². The molecule has 0 aliphatic rings. The first-order valence-electron chi connectivity index (χ1n) is 9.84. The standard InChI is InChI=1S/C23H17FN6O2/c1-13-5-3-4-6-17(13)22(31)28-29-12-11-18-20(23(29)32)25-26-21-19(14(2)27-30(18)21)15-7-9-16(24)10-8-15/h3-12H,1-2H3,(H,28,31). The number of aromatic nitrogens is 5. The van der Waals surface area contributed by atoms with Crippen molar-refractivity contribution in [1.29, 1.82) is 0 Å². The van der Waals surface area contributed by atoms with Gasteiger partial charge in [0, 0.05) is 11.8 Å². The maximum absolute atomic E-state index is 13.3. The van der Waals surface area contributed by atoms with E-state index in [0.717, 1.165) is 15.8 Å². The van der Waals surface area contributed by atoms with E-state index in [1.807, 2.05) is 26.0 Å². The predicted molar refractivity (Wildman–Crippen MR) is 118 cm³/mol. The highest BCUT2D eigenvalue weighted by molar-refractivity contribution is 6.01. The summed E-state index contributed by atoms with van der Waals surface area (Å²) in [5.74, 6) is -0.750. The molecule has 0 saturated carbocycles. The normalized spacial score (nSPS) is 11.2. The Hall–Kier alpha value is -4.40. The van der Waals surface area contributed by atoms with Crippen LogP contribution in [0.3, 0.4) is 0 Å². The first kappa shape index (κ1) is 19.6. The molecule has 0 radical (unpaired) electrons. The quantitative estimate of drug-likeness (QED) is 0.476. The molecule has 8 nitrogen and oxygen atoms in total. The lowest BCUT2D eigenvalue weighted by Gasteiger charge is -2.10. The highest BCUT2D eigenvalue weighted by Crippen LogP contribution is 2.28. The zero-order valence-corrected chi connectivity index (χ0v) is 17.2. The lowest BCUT2D eigenvalue weighted by atomic mass is 10.1. The Balaban J connectivity index is 1.61. The summed E-state index contributed by atoms with van der Waals surface area (Å²) in [4.78, 5) is 25.6. The third kappa shape index (κ3) is 3.11. The van der Waals surface area contributed by atoms with E-state index in [1.165, 1.54) is 22.8 Å². The van der Waals surface area contributed by atoms with Gasteiger partial charge in [-0.15, -0.1) is 10.2 Å². The largest absolute Gasteiger partial charge is 0.299 e. The van der Waals surface area contributed by atoms with Crippen LogP contribution in [0.15, 0.2) is 65.6 Å². The summed E-state index contributed by atoms with van der Waals surface area (Å²) in [5, 5.41) is 12.8. The number of amides is 1. The van der Waals surface area contributed by atoms with E-state index in [2.05, 4.69) is 20.7 Å². The first-order chi connectivity index (χ1) is 15.4. The Labute approximate surface area is 180 Å². The molecule has 3 heterocycles. The molecule has 1 N–H and O–H groups in total. The van der Waals surface area contributed by atoms with Crippen LogP contribution in [0.4, 0.5) is 4.39 Å². The molecule has 0 atom stereocenters. The van der Waals surface area contributed by atoms with E-state index < -0.39 is 11.5 Å². The van der Waals surface area contributed by atoms with E-state index in [9.17, 15) is 14.0 Å². The summed E-state index contributed by atoms with van der Waals surface area (Å²) in [6.07, 6.45) is 1.45. The monoisotopic (exact) mass is 428 g/mol. The van der Waals surface area contributed by atoms with Gasteiger partial charge in [0.15, 0.2) is 11.2 Å². The molecule has 5 aromatic rings. The number of nitrogens with one attached hydrogen (secondary N) is 1. The summed E-state index contributed by atoms with van der Waals surface area (Å²) >= 11 is 0. The van der Waals surface area contributed by atoms with Crippen molar-refractivity contribution in [1.82, 2.24) is 24.5 Å². The zero-order valence-electron chi connectivity index (χ0n) is 17.2. The number of fused-ring (bicyclic) bond motifs is 3. The minimum absolute atomic E-state index is 0.0539. The second-order valence-corrected chi connectivity index (χ2v) is 7.38. The molecular weight excluding hydrogens is 411 g/mol. The molecule has 9 heteroatoms. The number of hydrogen-bond donors (Lipinski definition) is 1. The van der Waals surface area contributed by atoms with Gasteiger partial charge in [0.2, 0.25) is 0 Å². The molecule has 0 bridgehead atoms. The molecule has 0 fully saturated rings. The van der Waals surface area contributed by atoms with E-state index in [1.54, 1.807) is 30.3 Å². The van der Waals surface area contributed by atoms with Gasteiger partial charge in [-0.1, -0.05) is 30.3 Å². The fourth-order valence-corrected chi connectivity index (χ4v) is 3.69. The molecule has 0 unspecified atom stereocenters. The summed E-state index contributed by atoms with van der Waals surface area (Å²) in [6, 6.07) is 14.7. The Kier molecular flexibility index (Phi) is 4.51. The fourth-order valence-electron chi connectivity index (χ4n) is 3.69. The molecule has 158 valence electrons. The second-order valence-electron chi connectivity index (χ2n) is 7.38. The van der Waals surface area contributed by atoms with Crippen molar-refractivity contribution < 1.29 is 9.18 Å². The first-order valence-corrected chi connectivity index (χ1v) is 9.84. The molecule has 0 aliphatic carbocycles. The number of carbonyl (C=O) groups is 1. The Morgan fingerprint density at radius 1 is 1.00 bits per heavy atom. The third-order valence-electron chi connectivity index (χ3n) is 5.30. The Bertz CT molecular complexity index is 1570. The van der Waals surface area contributed by atoms with Gasteiger partial charge in [0.1, 0.15) is 11.3 Å². The van der Waals surface area contributed by atoms with Crippen molar-refractivity contribution in [3.05, 3.63) is 93.8 Å². The van der Waals surface area contributed by atoms with Crippen molar-refractivity contribution in [2.45, 2.75) is 13.8 Å². The van der Waals surface area contributed by atoms with Gasteiger partial charge in [-0.3, -0.25) is 15.0 Å². The molecule has 3 aromatic heterocycles. The Morgan fingerprint density at radius 3 is 2.50 bits per heavy atom. The average Bonchev–Trinajstić information content (AvgIpc) is 3.12. The molecular formula is C23H17FN6O2. The maximum Gasteiger partial charge on any atom is 0.299 e. The number of pyridine rings is 1. The predicted octanol–water partition coefficient (Wildman–Crippen LogP) is 3.25. The number of halogens is 1. The molecule has 0 saturated heterocycles. The lowest BCUT2D eigenvalue weighted by molar-refractivity contribution is 0.101. The molecule has 32 heavy (non-hydrogen) atoms. The van der Waals surface area contributed by atoms with Crippen LogP contribution in [0.1, 0.15) is 21.6 Å². The topological polar surface area (TPSA) is 94.2 Å². The van der Waals surface area contributed by atoms with Crippen molar-refractivity contribution in [3.8, 4) is 11.1 Å². The molecule has 0 aliphatic heterocycles. The van der Waals surface area contributed by atoms with Crippen LogP contribution in [-0.4, -0.2) is 30.4 Å². The van der Waals surface area contributed by atoms with Gasteiger partial charge >= 0.3 is 0 Å². The van der Waals surface area contributed by atoms with Crippen molar-refractivity contribution >= 4 is 22.6 Å². The lowest BCUT2D eigenvalue weighted by Crippen LogP contribution is -2.33. The molecule has 5 rings (SSSR count). The van der Waals surface area contributed by atoms with Gasteiger partial charge < -0.3 is 0 Å². The van der Waals surface area contributed by atoms with Crippen LogP contribution in [0.25, 0.3) is 27.8 Å². The smallest absolute Gasteiger partial charge is 0.267 e. The van der Waals surface area contributed by atoms with Crippen molar-refractivity contribution in [3.63, 3.8) is 0 Å². The highest BCUT2D eigenvalue weighted by Gasteiger charge is 2.18. The van der Waals surface area contributed by atoms with Crippen LogP contribution in [-0.2, 0) is 0 Å². The second kappa shape index (κ2) is 7.38. The van der Waals surface area contributed by atoms with Crippen LogP contribution < -0.4 is 11.0 Å². The molecule has 0 spiro atoms. The number of aryl methyl sites for hydroxylation is 2. The highest BCUT2D eigenvalue weighted by atomic mass is 19.1. The average molecular weight is 428 g/mol. The maximum atomic E-state index is 13.3. The number of nitrogens with zero attached hydrogens (tertiary/aromatic N) is 5. The van der Waals surface area contributed by atoms with Crippen LogP contribution in [0.2, 0.25) is 0 Å².